The van der Waals surface area contributed by atoms with Crippen LogP contribution in [0, 0.1) is 29.1 Å². The van der Waals surface area contributed by atoms with Crippen molar-refractivity contribution in [1.29, 1.82) is 0 Å². The zero-order valence-corrected chi connectivity index (χ0v) is 17.4. The zero-order valence-electron chi connectivity index (χ0n) is 16.4. The second kappa shape index (κ2) is 4.65. The number of benzene rings is 1. The number of amides is 2. The Labute approximate surface area is 161 Å². The lowest BCUT2D eigenvalue weighted by atomic mass is 9.63. The van der Waals surface area contributed by atoms with Crippen molar-refractivity contribution in [1.82, 2.24) is 0 Å². The Morgan fingerprint density at radius 1 is 1.00 bits per heavy atom. The minimum atomic E-state index is -1.70. The molecule has 4 aliphatic carbocycles. The molecule has 1 aromatic carbocycles. The molecule has 27 heavy (non-hydrogen) atoms. The van der Waals surface area contributed by atoms with Crippen molar-refractivity contribution in [2.75, 3.05) is 4.90 Å². The topological polar surface area (TPSA) is 37.4 Å². The van der Waals surface area contributed by atoms with E-state index < -0.39 is 8.07 Å². The quantitative estimate of drug-likeness (QED) is 0.428. The van der Waals surface area contributed by atoms with Crippen LogP contribution in [-0.4, -0.2) is 19.9 Å². The molecule has 2 amide bonds. The number of allylic oxidation sites excluding steroid dienone is 2. The standard InChI is InChI=1S/C23H27NO2Si/c1-27(2,3)22-12-17-14-9-10-15(11-14)23(17,13-22)19-18(22)20(25)24(21(19)26)16-7-5-4-6-8-16/h4-8,12,14-15,18-19H,9-11,13H2,1-3H3/t14-,15-,18+,19+,22-,23+/m0/s1. The molecule has 4 fully saturated rings. The van der Waals surface area contributed by atoms with Crippen molar-refractivity contribution < 1.29 is 9.59 Å². The fourth-order valence-electron chi connectivity index (χ4n) is 7.89. The van der Waals surface area contributed by atoms with Crippen LogP contribution in [0.5, 0.6) is 0 Å². The van der Waals surface area contributed by atoms with Gasteiger partial charge >= 0.3 is 0 Å². The summed E-state index contributed by atoms with van der Waals surface area (Å²) in [5.41, 5.74) is 2.36. The summed E-state index contributed by atoms with van der Waals surface area (Å²) in [6.07, 6.45) is 7.46. The van der Waals surface area contributed by atoms with E-state index in [4.69, 9.17) is 0 Å². The van der Waals surface area contributed by atoms with E-state index in [1.54, 1.807) is 10.5 Å². The normalized spacial score (nSPS) is 44.1. The van der Waals surface area contributed by atoms with E-state index >= 15 is 0 Å². The van der Waals surface area contributed by atoms with Crippen molar-refractivity contribution in [2.45, 2.75) is 50.4 Å². The largest absolute Gasteiger partial charge is 0.274 e. The summed E-state index contributed by atoms with van der Waals surface area (Å²) in [5.74, 6) is 1.24. The molecule has 1 aromatic rings. The maximum absolute atomic E-state index is 13.8. The first-order chi connectivity index (χ1) is 12.8. The molecular formula is C23H27NO2Si. The maximum atomic E-state index is 13.8. The number of fused-ring (bicyclic) bond motifs is 6. The molecule has 0 aromatic heterocycles. The molecule has 1 saturated heterocycles. The highest BCUT2D eigenvalue weighted by Gasteiger charge is 2.80. The SMILES string of the molecule is C[Si](C)(C)[C@@]12C=C3[C@H]4CC[C@@H](C4)[C@@]3(C1)[C@H]1C(=O)N(c3ccccc3)C(=O)[C@@H]12. The molecule has 1 aliphatic heterocycles. The molecule has 140 valence electrons. The van der Waals surface area contributed by atoms with Crippen molar-refractivity contribution in [3.63, 3.8) is 0 Å². The summed E-state index contributed by atoms with van der Waals surface area (Å²) in [5, 5.41) is -0.0372. The number of nitrogens with zero attached hydrogens (tertiary/aromatic N) is 1. The molecule has 1 heterocycles. The number of hydrogen-bond acceptors (Lipinski definition) is 2. The lowest BCUT2D eigenvalue weighted by Crippen LogP contribution is -2.45. The van der Waals surface area contributed by atoms with Crippen LogP contribution in [0.4, 0.5) is 5.69 Å². The number of hydrogen-bond donors (Lipinski definition) is 0. The number of carbonyl (C=O) groups is 2. The number of rotatable bonds is 2. The first-order valence-electron chi connectivity index (χ1n) is 10.5. The lowest BCUT2D eigenvalue weighted by molar-refractivity contribution is -0.124. The first-order valence-corrected chi connectivity index (χ1v) is 14.0. The molecule has 3 nitrogen and oxygen atoms in total. The minimum absolute atomic E-state index is 0.00410. The van der Waals surface area contributed by atoms with Crippen LogP contribution in [-0.2, 0) is 9.59 Å². The van der Waals surface area contributed by atoms with Gasteiger partial charge in [0.1, 0.15) is 0 Å². The number of anilines is 1. The van der Waals surface area contributed by atoms with Crippen molar-refractivity contribution >= 4 is 25.6 Å². The average Bonchev–Trinajstić information content (AvgIpc) is 3.38. The third-order valence-electron chi connectivity index (χ3n) is 8.96. The van der Waals surface area contributed by atoms with E-state index in [1.807, 2.05) is 30.3 Å². The molecule has 6 atom stereocenters. The van der Waals surface area contributed by atoms with E-state index in [0.717, 1.165) is 12.1 Å². The summed E-state index contributed by atoms with van der Waals surface area (Å²) in [7, 11) is -1.70. The van der Waals surface area contributed by atoms with Gasteiger partial charge in [0.15, 0.2) is 0 Å². The molecule has 3 saturated carbocycles. The van der Waals surface area contributed by atoms with Gasteiger partial charge in [-0.05, 0) is 54.7 Å². The third-order valence-corrected chi connectivity index (χ3v) is 12.4. The monoisotopic (exact) mass is 377 g/mol. The van der Waals surface area contributed by atoms with Gasteiger partial charge in [0.25, 0.3) is 0 Å². The molecule has 4 heteroatoms. The second-order valence-corrected chi connectivity index (χ2v) is 16.0. The van der Waals surface area contributed by atoms with Crippen molar-refractivity contribution in [2.24, 2.45) is 29.1 Å². The van der Waals surface area contributed by atoms with Crippen molar-refractivity contribution in [3.8, 4) is 0 Å². The van der Waals surface area contributed by atoms with Crippen LogP contribution in [0.3, 0.4) is 0 Å². The van der Waals surface area contributed by atoms with Gasteiger partial charge in [0.05, 0.1) is 25.6 Å². The first kappa shape index (κ1) is 16.3. The molecule has 5 aliphatic rings. The molecule has 6 rings (SSSR count). The number of imide groups is 1. The van der Waals surface area contributed by atoms with E-state index in [0.29, 0.717) is 11.8 Å². The van der Waals surface area contributed by atoms with Crippen LogP contribution in [0.25, 0.3) is 0 Å². The fraction of sp³-hybridized carbons (Fsp3) is 0.565. The van der Waals surface area contributed by atoms with E-state index in [-0.39, 0.29) is 34.1 Å². The van der Waals surface area contributed by atoms with Crippen LogP contribution in [0.2, 0.25) is 24.7 Å². The van der Waals surface area contributed by atoms with Gasteiger partial charge in [0, 0.05) is 5.41 Å². The highest BCUT2D eigenvalue weighted by Crippen LogP contribution is 2.83. The van der Waals surface area contributed by atoms with Gasteiger partial charge in [-0.15, -0.1) is 0 Å². The predicted octanol–water partition coefficient (Wildman–Crippen LogP) is 4.63. The molecular weight excluding hydrogens is 350 g/mol. The third kappa shape index (κ3) is 1.59. The lowest BCUT2D eigenvalue weighted by Gasteiger charge is -2.42. The summed E-state index contributed by atoms with van der Waals surface area (Å²) >= 11 is 0. The summed E-state index contributed by atoms with van der Waals surface area (Å²) in [4.78, 5) is 29.0. The highest BCUT2D eigenvalue weighted by atomic mass is 28.3. The Balaban J connectivity index is 1.57. The van der Waals surface area contributed by atoms with Crippen LogP contribution in [0.15, 0.2) is 42.0 Å². The van der Waals surface area contributed by atoms with Gasteiger partial charge < -0.3 is 0 Å². The van der Waals surface area contributed by atoms with Gasteiger partial charge in [-0.1, -0.05) is 49.5 Å². The van der Waals surface area contributed by atoms with Gasteiger partial charge in [-0.3, -0.25) is 14.5 Å². The second-order valence-electron chi connectivity index (χ2n) is 10.6. The minimum Gasteiger partial charge on any atom is -0.274 e. The Kier molecular flexibility index (Phi) is 2.81. The van der Waals surface area contributed by atoms with Gasteiger partial charge in [-0.2, -0.15) is 0 Å². The summed E-state index contributed by atoms with van der Waals surface area (Å²) < 4.78 is 0. The Bertz CT molecular complexity index is 916. The Morgan fingerprint density at radius 2 is 1.70 bits per heavy atom. The van der Waals surface area contributed by atoms with Gasteiger partial charge in [0.2, 0.25) is 11.8 Å². The van der Waals surface area contributed by atoms with Crippen LogP contribution in [0.1, 0.15) is 25.7 Å². The maximum Gasteiger partial charge on any atom is 0.238 e. The summed E-state index contributed by atoms with van der Waals surface area (Å²) in [6.45, 7) is 7.23. The predicted molar refractivity (Wildman–Crippen MR) is 108 cm³/mol. The number of carbonyl (C=O) groups excluding carboxylic acids is 2. The Morgan fingerprint density at radius 3 is 2.41 bits per heavy atom. The van der Waals surface area contributed by atoms with E-state index in [2.05, 4.69) is 25.7 Å². The zero-order chi connectivity index (χ0) is 18.8. The molecule has 0 radical (unpaired) electrons. The fourth-order valence-corrected chi connectivity index (χ4v) is 10.5. The highest BCUT2D eigenvalue weighted by molar-refractivity contribution is 6.80. The summed E-state index contributed by atoms with van der Waals surface area (Å²) in [6, 6.07) is 9.61. The average molecular weight is 378 g/mol. The Hall–Kier alpha value is -1.68. The smallest absolute Gasteiger partial charge is 0.238 e. The number of para-hydroxylation sites is 1. The molecule has 1 spiro atoms. The van der Waals surface area contributed by atoms with Gasteiger partial charge in [-0.25, -0.2) is 0 Å². The molecule has 4 bridgehead atoms. The molecule has 0 N–H and O–H groups in total. The van der Waals surface area contributed by atoms with Crippen molar-refractivity contribution in [3.05, 3.63) is 42.0 Å². The van der Waals surface area contributed by atoms with E-state index in [1.165, 1.54) is 19.3 Å². The van der Waals surface area contributed by atoms with Crippen LogP contribution >= 0.6 is 0 Å². The van der Waals surface area contributed by atoms with Crippen LogP contribution < -0.4 is 4.90 Å². The molecule has 0 unspecified atom stereocenters. The van der Waals surface area contributed by atoms with E-state index in [9.17, 15) is 9.59 Å².